The first-order valence-corrected chi connectivity index (χ1v) is 5.45. The topological polar surface area (TPSA) is 74.2 Å². The van der Waals surface area contributed by atoms with E-state index in [9.17, 15) is 9.70 Å². The van der Waals surface area contributed by atoms with Gasteiger partial charge in [0.2, 0.25) is 0 Å². The number of hydrogen-bond acceptors (Lipinski definition) is 6. The zero-order chi connectivity index (χ0) is 13.4. The summed E-state index contributed by atoms with van der Waals surface area (Å²) in [6, 6.07) is 4.97. The second kappa shape index (κ2) is 7.26. The van der Waals surface area contributed by atoms with Crippen LogP contribution >= 0.6 is 0 Å². The fourth-order valence-corrected chi connectivity index (χ4v) is 1.35. The van der Waals surface area contributed by atoms with Crippen molar-refractivity contribution < 1.29 is 19.0 Å². The highest BCUT2D eigenvalue weighted by Crippen LogP contribution is 2.28. The summed E-state index contributed by atoms with van der Waals surface area (Å²) in [5, 5.41) is 2.79. The number of ether oxygens (including phenoxy) is 3. The minimum absolute atomic E-state index is 0.0414. The molecule has 0 saturated carbocycles. The molecule has 0 aliphatic carbocycles. The van der Waals surface area contributed by atoms with Crippen molar-refractivity contribution >= 4 is 5.97 Å². The van der Waals surface area contributed by atoms with Gasteiger partial charge in [0.15, 0.2) is 18.1 Å². The molecule has 18 heavy (non-hydrogen) atoms. The smallest absolute Gasteiger partial charge is 0.344 e. The third-order valence-electron chi connectivity index (χ3n) is 2.13. The number of carbonyl (C=O) groups excluding carboxylic acids is 1. The van der Waals surface area contributed by atoms with E-state index in [4.69, 9.17) is 14.2 Å². The predicted octanol–water partition coefficient (Wildman–Crippen LogP) is 1.90. The maximum Gasteiger partial charge on any atom is 0.344 e. The van der Waals surface area contributed by atoms with E-state index in [0.29, 0.717) is 23.7 Å². The molecule has 0 amide bonds. The van der Waals surface area contributed by atoms with Crippen LogP contribution in [0.15, 0.2) is 23.4 Å². The van der Waals surface area contributed by atoms with Crippen LogP contribution in [0.3, 0.4) is 0 Å². The predicted molar refractivity (Wildman–Crippen MR) is 64.6 cm³/mol. The lowest BCUT2D eigenvalue weighted by Gasteiger charge is -2.11. The monoisotopic (exact) mass is 253 g/mol. The molecule has 98 valence electrons. The quantitative estimate of drug-likeness (QED) is 0.548. The summed E-state index contributed by atoms with van der Waals surface area (Å²) in [7, 11) is 1.49. The van der Waals surface area contributed by atoms with Crippen LogP contribution in [0.5, 0.6) is 11.5 Å². The maximum atomic E-state index is 11.2. The zero-order valence-electron chi connectivity index (χ0n) is 10.3. The summed E-state index contributed by atoms with van der Waals surface area (Å²) >= 11 is 0. The van der Waals surface area contributed by atoms with Crippen LogP contribution in [0.2, 0.25) is 0 Å². The van der Waals surface area contributed by atoms with Crippen LogP contribution in [0.25, 0.3) is 0 Å². The van der Waals surface area contributed by atoms with Crippen LogP contribution in [-0.4, -0.2) is 26.3 Å². The maximum absolute atomic E-state index is 11.2. The molecule has 6 heteroatoms. The van der Waals surface area contributed by atoms with Crippen molar-refractivity contribution in [3.8, 4) is 11.5 Å². The van der Waals surface area contributed by atoms with Gasteiger partial charge in [-0.15, -0.1) is 0 Å². The van der Waals surface area contributed by atoms with Crippen molar-refractivity contribution in [1.29, 1.82) is 0 Å². The van der Waals surface area contributed by atoms with Gasteiger partial charge in [-0.2, -0.15) is 4.91 Å². The third-order valence-corrected chi connectivity index (χ3v) is 2.13. The Labute approximate surface area is 105 Å². The van der Waals surface area contributed by atoms with E-state index in [1.165, 1.54) is 7.11 Å². The molecule has 0 spiro atoms. The number of nitrogens with zero attached hydrogens (tertiary/aromatic N) is 1. The van der Waals surface area contributed by atoms with E-state index in [1.54, 1.807) is 25.1 Å². The van der Waals surface area contributed by atoms with E-state index in [2.05, 4.69) is 5.18 Å². The lowest BCUT2D eigenvalue weighted by molar-refractivity contribution is -0.145. The van der Waals surface area contributed by atoms with Gasteiger partial charge in [0, 0.05) is 0 Å². The fraction of sp³-hybridized carbons (Fsp3) is 0.417. The van der Waals surface area contributed by atoms with Gasteiger partial charge in [0.05, 0.1) is 13.7 Å². The molecule has 0 N–H and O–H groups in total. The highest BCUT2D eigenvalue weighted by atomic mass is 16.6. The largest absolute Gasteiger partial charge is 0.493 e. The van der Waals surface area contributed by atoms with Crippen LogP contribution in [0.1, 0.15) is 12.5 Å². The lowest BCUT2D eigenvalue weighted by Crippen LogP contribution is -2.15. The normalized spacial score (nSPS) is 9.67. The Hall–Kier alpha value is -2.11. The average molecular weight is 253 g/mol. The molecule has 1 aromatic rings. The molecule has 6 nitrogen and oxygen atoms in total. The van der Waals surface area contributed by atoms with E-state index in [0.717, 1.165) is 0 Å². The van der Waals surface area contributed by atoms with Crippen molar-refractivity contribution in [3.05, 3.63) is 28.7 Å². The van der Waals surface area contributed by atoms with Crippen molar-refractivity contribution in [1.82, 2.24) is 0 Å². The minimum atomic E-state index is -0.460. The molecule has 1 aromatic carbocycles. The van der Waals surface area contributed by atoms with Gasteiger partial charge in [-0.3, -0.25) is 0 Å². The number of rotatable bonds is 7. The summed E-state index contributed by atoms with van der Waals surface area (Å²) in [6.45, 7) is 1.85. The second-order valence-electron chi connectivity index (χ2n) is 3.37. The first-order valence-electron chi connectivity index (χ1n) is 5.45. The van der Waals surface area contributed by atoms with E-state index in [-0.39, 0.29) is 13.2 Å². The zero-order valence-corrected chi connectivity index (χ0v) is 10.3. The molecule has 0 aromatic heterocycles. The summed E-state index contributed by atoms with van der Waals surface area (Å²) in [5.74, 6) is 0.402. The van der Waals surface area contributed by atoms with E-state index >= 15 is 0 Å². The Kier molecular flexibility index (Phi) is 5.63. The number of hydrogen-bond donors (Lipinski definition) is 0. The summed E-state index contributed by atoms with van der Waals surface area (Å²) in [4.78, 5) is 21.4. The first kappa shape index (κ1) is 14.0. The lowest BCUT2D eigenvalue weighted by atomic mass is 10.2. The molecule has 0 saturated heterocycles. The molecule has 0 aliphatic rings. The molecule has 0 atom stereocenters. The SMILES string of the molecule is CCOC(=O)COc1cc(CN=O)ccc1OC. The Morgan fingerprint density at radius 3 is 2.72 bits per heavy atom. The van der Waals surface area contributed by atoms with Crippen LogP contribution in [-0.2, 0) is 16.1 Å². The van der Waals surface area contributed by atoms with Gasteiger partial charge in [-0.05, 0) is 24.6 Å². The Balaban J connectivity index is 2.74. The highest BCUT2D eigenvalue weighted by molar-refractivity contribution is 5.71. The molecule has 0 bridgehead atoms. The van der Waals surface area contributed by atoms with E-state index < -0.39 is 5.97 Å². The number of carbonyl (C=O) groups is 1. The molecule has 0 heterocycles. The van der Waals surface area contributed by atoms with Gasteiger partial charge < -0.3 is 14.2 Å². The summed E-state index contributed by atoms with van der Waals surface area (Å²) < 4.78 is 15.1. The number of methoxy groups -OCH3 is 1. The molecular formula is C12H15NO5. The van der Waals surface area contributed by atoms with Crippen molar-refractivity contribution in [2.24, 2.45) is 5.18 Å². The Morgan fingerprint density at radius 1 is 1.33 bits per heavy atom. The van der Waals surface area contributed by atoms with Crippen LogP contribution in [0.4, 0.5) is 0 Å². The van der Waals surface area contributed by atoms with Gasteiger partial charge in [-0.1, -0.05) is 11.2 Å². The molecule has 1 rings (SSSR count). The number of esters is 1. The number of nitroso groups, excluding NO2 is 1. The van der Waals surface area contributed by atoms with Gasteiger partial charge in [0.25, 0.3) is 0 Å². The van der Waals surface area contributed by atoms with Crippen molar-refractivity contribution in [2.75, 3.05) is 20.3 Å². The van der Waals surface area contributed by atoms with Crippen molar-refractivity contribution in [3.63, 3.8) is 0 Å². The molecule has 0 fully saturated rings. The molecule has 0 radical (unpaired) electrons. The average Bonchev–Trinajstić information content (AvgIpc) is 2.37. The first-order chi connectivity index (χ1) is 8.71. The standard InChI is InChI=1S/C12H15NO5/c1-3-17-12(14)8-18-11-6-9(7-13-15)4-5-10(11)16-2/h4-6H,3,7-8H2,1-2H3. The Bertz CT molecular complexity index is 419. The number of benzene rings is 1. The molecular weight excluding hydrogens is 238 g/mol. The summed E-state index contributed by atoms with van der Waals surface area (Å²) in [6.07, 6.45) is 0. The highest BCUT2D eigenvalue weighted by Gasteiger charge is 2.09. The summed E-state index contributed by atoms with van der Waals surface area (Å²) in [5.41, 5.74) is 0.685. The van der Waals surface area contributed by atoms with Gasteiger partial charge in [0.1, 0.15) is 6.54 Å². The van der Waals surface area contributed by atoms with E-state index in [1.807, 2.05) is 0 Å². The van der Waals surface area contributed by atoms with Gasteiger partial charge in [-0.25, -0.2) is 4.79 Å². The van der Waals surface area contributed by atoms with Gasteiger partial charge >= 0.3 is 5.97 Å². The van der Waals surface area contributed by atoms with Crippen LogP contribution < -0.4 is 9.47 Å². The molecule has 0 aliphatic heterocycles. The minimum Gasteiger partial charge on any atom is -0.493 e. The third kappa shape index (κ3) is 4.04. The second-order valence-corrected chi connectivity index (χ2v) is 3.37. The van der Waals surface area contributed by atoms with Crippen LogP contribution in [0, 0.1) is 4.91 Å². The Morgan fingerprint density at radius 2 is 2.11 bits per heavy atom. The fourth-order valence-electron chi connectivity index (χ4n) is 1.35. The molecule has 0 unspecified atom stereocenters. The van der Waals surface area contributed by atoms with Crippen molar-refractivity contribution in [2.45, 2.75) is 13.5 Å².